The monoisotopic (exact) mass is 313 g/mol. The Balaban J connectivity index is 1.84. The van der Waals surface area contributed by atoms with Gasteiger partial charge in [0.05, 0.1) is 11.5 Å². The number of benzene rings is 2. The number of nitro benzene ring substituents is 1. The molecule has 2 aromatic carbocycles. The number of nitrogens with zero attached hydrogens (tertiary/aromatic N) is 4. The number of aromatic nitrogens is 3. The Bertz CT molecular complexity index is 835. The van der Waals surface area contributed by atoms with Gasteiger partial charge in [-0.25, -0.2) is 4.39 Å². The molecular weight excluding hydrogens is 301 g/mol. The lowest BCUT2D eigenvalue weighted by molar-refractivity contribution is -0.384. The first kappa shape index (κ1) is 14.6. The van der Waals surface area contributed by atoms with Crippen molar-refractivity contribution in [3.8, 4) is 5.69 Å². The zero-order valence-electron chi connectivity index (χ0n) is 11.9. The highest BCUT2D eigenvalue weighted by molar-refractivity contribution is 5.61. The Morgan fingerprint density at radius 3 is 2.74 bits per heavy atom. The molecule has 3 rings (SSSR count). The zero-order chi connectivity index (χ0) is 16.2. The molecule has 1 heterocycles. The molecule has 23 heavy (non-hydrogen) atoms. The summed E-state index contributed by atoms with van der Waals surface area (Å²) in [4.78, 5) is 10.4. The van der Waals surface area contributed by atoms with Crippen LogP contribution in [0.2, 0.25) is 0 Å². The Labute approximate surface area is 130 Å². The molecule has 0 aliphatic heterocycles. The molecule has 1 aromatic heterocycles. The molecule has 0 amide bonds. The second-order valence-corrected chi connectivity index (χ2v) is 4.72. The second-order valence-electron chi connectivity index (χ2n) is 4.72. The molecule has 3 aromatic rings. The van der Waals surface area contributed by atoms with Gasteiger partial charge >= 0.3 is 0 Å². The van der Waals surface area contributed by atoms with E-state index in [1.165, 1.54) is 0 Å². The molecule has 1 N–H and O–H groups in total. The van der Waals surface area contributed by atoms with E-state index in [4.69, 9.17) is 0 Å². The lowest BCUT2D eigenvalue weighted by Gasteiger charge is -2.09. The van der Waals surface area contributed by atoms with Crippen LogP contribution in [0.1, 0.15) is 5.82 Å². The normalized spacial score (nSPS) is 10.5. The van der Waals surface area contributed by atoms with E-state index in [9.17, 15) is 14.5 Å². The van der Waals surface area contributed by atoms with Crippen LogP contribution in [-0.4, -0.2) is 19.7 Å². The maximum absolute atomic E-state index is 13.3. The van der Waals surface area contributed by atoms with E-state index in [0.29, 0.717) is 5.82 Å². The molecule has 0 fully saturated rings. The summed E-state index contributed by atoms with van der Waals surface area (Å²) >= 11 is 0. The van der Waals surface area contributed by atoms with Gasteiger partial charge in [-0.2, -0.15) is 0 Å². The minimum absolute atomic E-state index is 0.0950. The first-order valence-electron chi connectivity index (χ1n) is 6.77. The largest absolute Gasteiger partial charge is 0.372 e. The van der Waals surface area contributed by atoms with Crippen molar-refractivity contribution in [3.63, 3.8) is 0 Å². The molecule has 0 saturated carbocycles. The number of anilines is 1. The number of hydrogen-bond acceptors (Lipinski definition) is 5. The van der Waals surface area contributed by atoms with Gasteiger partial charge in [0.25, 0.3) is 5.69 Å². The summed E-state index contributed by atoms with van der Waals surface area (Å²) in [6.45, 7) is 0.166. The van der Waals surface area contributed by atoms with E-state index < -0.39 is 10.7 Å². The Kier molecular flexibility index (Phi) is 3.96. The van der Waals surface area contributed by atoms with E-state index >= 15 is 0 Å². The summed E-state index contributed by atoms with van der Waals surface area (Å²) in [5, 5.41) is 21.7. The predicted molar refractivity (Wildman–Crippen MR) is 81.7 cm³/mol. The molecule has 0 saturated heterocycles. The number of halogens is 1. The van der Waals surface area contributed by atoms with Crippen molar-refractivity contribution < 1.29 is 9.31 Å². The summed E-state index contributed by atoms with van der Waals surface area (Å²) in [6, 6.07) is 12.7. The number of rotatable bonds is 5. The third kappa shape index (κ3) is 3.15. The van der Waals surface area contributed by atoms with Gasteiger partial charge in [0.1, 0.15) is 17.8 Å². The smallest absolute Gasteiger partial charge is 0.292 e. The van der Waals surface area contributed by atoms with Crippen molar-refractivity contribution in [1.82, 2.24) is 14.8 Å². The van der Waals surface area contributed by atoms with E-state index in [1.807, 2.05) is 30.3 Å². The predicted octanol–water partition coefficient (Wildman–Crippen LogP) is 2.93. The highest BCUT2D eigenvalue weighted by Crippen LogP contribution is 2.25. The van der Waals surface area contributed by atoms with Crippen molar-refractivity contribution in [2.24, 2.45) is 0 Å². The summed E-state index contributed by atoms with van der Waals surface area (Å²) in [5.41, 5.74) is 0.762. The summed E-state index contributed by atoms with van der Waals surface area (Å²) < 4.78 is 15.1. The fourth-order valence-corrected chi connectivity index (χ4v) is 2.17. The molecule has 7 nitrogen and oxygen atoms in total. The van der Waals surface area contributed by atoms with Gasteiger partial charge in [-0.3, -0.25) is 14.7 Å². The van der Waals surface area contributed by atoms with E-state index in [0.717, 1.165) is 23.9 Å². The van der Waals surface area contributed by atoms with Gasteiger partial charge in [0, 0.05) is 17.8 Å². The van der Waals surface area contributed by atoms with E-state index in [1.54, 1.807) is 10.9 Å². The molecule has 116 valence electrons. The average molecular weight is 313 g/mol. The molecular formula is C15H12FN5O2. The van der Waals surface area contributed by atoms with Crippen LogP contribution in [0.15, 0.2) is 54.9 Å². The Morgan fingerprint density at radius 2 is 2.00 bits per heavy atom. The minimum Gasteiger partial charge on any atom is -0.372 e. The van der Waals surface area contributed by atoms with Crippen LogP contribution < -0.4 is 5.32 Å². The van der Waals surface area contributed by atoms with Crippen LogP contribution in [0.3, 0.4) is 0 Å². The first-order valence-corrected chi connectivity index (χ1v) is 6.77. The molecule has 0 unspecified atom stereocenters. The molecule has 0 bridgehead atoms. The van der Waals surface area contributed by atoms with Gasteiger partial charge in [0.2, 0.25) is 0 Å². The second kappa shape index (κ2) is 6.22. The van der Waals surface area contributed by atoms with Crippen LogP contribution >= 0.6 is 0 Å². The van der Waals surface area contributed by atoms with Crippen molar-refractivity contribution in [2.45, 2.75) is 6.54 Å². The van der Waals surface area contributed by atoms with Crippen LogP contribution in [-0.2, 0) is 6.54 Å². The van der Waals surface area contributed by atoms with Gasteiger partial charge < -0.3 is 5.32 Å². The van der Waals surface area contributed by atoms with Crippen molar-refractivity contribution in [1.29, 1.82) is 0 Å². The quantitative estimate of drug-likeness (QED) is 0.578. The molecule has 0 aliphatic carbocycles. The lowest BCUT2D eigenvalue weighted by atomic mass is 10.2. The highest BCUT2D eigenvalue weighted by atomic mass is 19.1. The molecule has 0 aliphatic rings. The number of nitrogens with one attached hydrogen (secondary N) is 1. The van der Waals surface area contributed by atoms with Gasteiger partial charge in [0.15, 0.2) is 5.82 Å². The number of nitro groups is 1. The standard InChI is InChI=1S/C15H12FN5O2/c16-11-6-7-14(21(22)23)13(8-11)17-9-15-19-18-10-20(15)12-4-2-1-3-5-12/h1-8,10,17H,9H2. The Morgan fingerprint density at radius 1 is 1.22 bits per heavy atom. The van der Waals surface area contributed by atoms with Crippen LogP contribution in [0.25, 0.3) is 5.69 Å². The van der Waals surface area contributed by atoms with Crippen molar-refractivity contribution >= 4 is 11.4 Å². The lowest BCUT2D eigenvalue weighted by Crippen LogP contribution is -2.08. The van der Waals surface area contributed by atoms with Crippen LogP contribution in [0.5, 0.6) is 0 Å². The number of hydrogen-bond donors (Lipinski definition) is 1. The van der Waals surface area contributed by atoms with Crippen molar-refractivity contribution in [3.05, 3.63) is 76.6 Å². The molecule has 0 spiro atoms. The van der Waals surface area contributed by atoms with Gasteiger partial charge in [-0.15, -0.1) is 10.2 Å². The minimum atomic E-state index is -0.566. The fourth-order valence-electron chi connectivity index (χ4n) is 2.17. The fraction of sp³-hybridized carbons (Fsp3) is 0.0667. The average Bonchev–Trinajstić information content (AvgIpc) is 3.02. The molecule has 8 heteroatoms. The van der Waals surface area contributed by atoms with Gasteiger partial charge in [-0.1, -0.05) is 18.2 Å². The van der Waals surface area contributed by atoms with Crippen molar-refractivity contribution in [2.75, 3.05) is 5.32 Å². The maximum Gasteiger partial charge on any atom is 0.292 e. The van der Waals surface area contributed by atoms with Crippen LogP contribution in [0, 0.1) is 15.9 Å². The first-order chi connectivity index (χ1) is 11.1. The van der Waals surface area contributed by atoms with Crippen LogP contribution in [0.4, 0.5) is 15.8 Å². The summed E-state index contributed by atoms with van der Waals surface area (Å²) in [7, 11) is 0. The summed E-state index contributed by atoms with van der Waals surface area (Å²) in [6.07, 6.45) is 1.55. The summed E-state index contributed by atoms with van der Waals surface area (Å²) in [5.74, 6) is -0.00242. The van der Waals surface area contributed by atoms with Gasteiger partial charge in [-0.05, 0) is 18.2 Å². The topological polar surface area (TPSA) is 85.9 Å². The molecule has 0 atom stereocenters. The SMILES string of the molecule is O=[N+]([O-])c1ccc(F)cc1NCc1nncn1-c1ccccc1. The van der Waals surface area contributed by atoms with E-state index in [2.05, 4.69) is 15.5 Å². The highest BCUT2D eigenvalue weighted by Gasteiger charge is 2.15. The molecule has 0 radical (unpaired) electrons. The third-order valence-electron chi connectivity index (χ3n) is 3.24. The van der Waals surface area contributed by atoms with E-state index in [-0.39, 0.29) is 17.9 Å². The number of para-hydroxylation sites is 1. The Hall–Kier alpha value is -3.29. The zero-order valence-corrected chi connectivity index (χ0v) is 11.9. The maximum atomic E-state index is 13.3. The third-order valence-corrected chi connectivity index (χ3v) is 3.24.